The highest BCUT2D eigenvalue weighted by Crippen LogP contribution is 2.34. The third-order valence-corrected chi connectivity index (χ3v) is 7.43. The molecule has 4 rings (SSSR count). The summed E-state index contributed by atoms with van der Waals surface area (Å²) in [7, 11) is 4.66. The van der Waals surface area contributed by atoms with E-state index < -0.39 is 23.6 Å². The summed E-state index contributed by atoms with van der Waals surface area (Å²) in [5, 5.41) is 0. The highest BCUT2D eigenvalue weighted by Gasteiger charge is 2.35. The van der Waals surface area contributed by atoms with Crippen LogP contribution in [-0.2, 0) is 28.6 Å². The van der Waals surface area contributed by atoms with Crippen LogP contribution in [-0.4, -0.2) is 51.1 Å². The average Bonchev–Trinajstić information content (AvgIpc) is 3.04. The second-order valence-electron chi connectivity index (χ2n) is 10.3. The highest BCUT2D eigenvalue weighted by molar-refractivity contribution is 6.12. The number of alkyl halides is 3. The fraction of sp³-hybridized carbons (Fsp3) is 0.257. The minimum Gasteiger partial charge on any atom is -0.493 e. The van der Waals surface area contributed by atoms with Gasteiger partial charge in [-0.2, -0.15) is 13.2 Å². The molecule has 44 heavy (non-hydrogen) atoms. The maximum atomic E-state index is 14.5. The SMILES string of the molecule is COc1ccc(N(CCc2ccc(C(F)(F)F)cc2)C(=O)C(C(=O)N(C)CCc2ccccc2)c2ccccc2)cc1OC. The number of halogens is 3. The molecule has 230 valence electrons. The molecule has 0 N–H and O–H groups in total. The van der Waals surface area contributed by atoms with E-state index in [4.69, 9.17) is 9.47 Å². The summed E-state index contributed by atoms with van der Waals surface area (Å²) in [6, 6.07) is 28.5. The molecule has 0 radical (unpaired) electrons. The van der Waals surface area contributed by atoms with Crippen molar-refractivity contribution in [1.82, 2.24) is 4.90 Å². The van der Waals surface area contributed by atoms with Crippen LogP contribution >= 0.6 is 0 Å². The number of carbonyl (C=O) groups is 2. The summed E-state index contributed by atoms with van der Waals surface area (Å²) >= 11 is 0. The summed E-state index contributed by atoms with van der Waals surface area (Å²) in [5.41, 5.74) is 1.92. The zero-order valence-corrected chi connectivity index (χ0v) is 24.9. The van der Waals surface area contributed by atoms with Crippen molar-refractivity contribution in [3.05, 3.63) is 125 Å². The Balaban J connectivity index is 1.68. The number of ether oxygens (including phenoxy) is 2. The van der Waals surface area contributed by atoms with E-state index in [0.29, 0.717) is 41.3 Å². The number of anilines is 1. The monoisotopic (exact) mass is 604 g/mol. The van der Waals surface area contributed by atoms with E-state index in [0.717, 1.165) is 17.7 Å². The molecule has 1 unspecified atom stereocenters. The van der Waals surface area contributed by atoms with Gasteiger partial charge in [0, 0.05) is 31.9 Å². The van der Waals surface area contributed by atoms with E-state index in [-0.39, 0.29) is 18.9 Å². The molecule has 1 atom stereocenters. The van der Waals surface area contributed by atoms with Gasteiger partial charge < -0.3 is 19.3 Å². The molecule has 9 heteroatoms. The summed E-state index contributed by atoms with van der Waals surface area (Å²) in [6.45, 7) is 0.505. The van der Waals surface area contributed by atoms with Gasteiger partial charge in [-0.15, -0.1) is 0 Å². The summed E-state index contributed by atoms with van der Waals surface area (Å²) < 4.78 is 50.2. The van der Waals surface area contributed by atoms with Crippen LogP contribution in [0.5, 0.6) is 11.5 Å². The smallest absolute Gasteiger partial charge is 0.416 e. The number of carbonyl (C=O) groups excluding carboxylic acids is 2. The van der Waals surface area contributed by atoms with E-state index in [1.54, 1.807) is 54.4 Å². The predicted octanol–water partition coefficient (Wildman–Crippen LogP) is 6.78. The first-order valence-corrected chi connectivity index (χ1v) is 14.2. The van der Waals surface area contributed by atoms with Gasteiger partial charge in [0.15, 0.2) is 11.5 Å². The quantitative estimate of drug-likeness (QED) is 0.167. The van der Waals surface area contributed by atoms with Crippen molar-refractivity contribution < 1.29 is 32.2 Å². The van der Waals surface area contributed by atoms with Crippen LogP contribution in [0.2, 0.25) is 0 Å². The normalized spacial score (nSPS) is 11.9. The maximum Gasteiger partial charge on any atom is 0.416 e. The lowest BCUT2D eigenvalue weighted by atomic mass is 9.95. The number of amides is 2. The molecule has 0 heterocycles. The fourth-order valence-electron chi connectivity index (χ4n) is 4.92. The molecule has 4 aromatic carbocycles. The molecular weight excluding hydrogens is 569 g/mol. The largest absolute Gasteiger partial charge is 0.493 e. The number of methoxy groups -OCH3 is 2. The van der Waals surface area contributed by atoms with E-state index in [1.807, 2.05) is 36.4 Å². The Kier molecular flexibility index (Phi) is 10.7. The lowest BCUT2D eigenvalue weighted by Crippen LogP contribution is -2.44. The minimum atomic E-state index is -4.45. The Labute approximate surface area is 255 Å². The van der Waals surface area contributed by atoms with Crippen LogP contribution in [0.1, 0.15) is 28.2 Å². The number of rotatable bonds is 12. The third kappa shape index (κ3) is 7.98. The molecule has 0 aliphatic heterocycles. The average molecular weight is 605 g/mol. The van der Waals surface area contributed by atoms with Crippen molar-refractivity contribution in [3.63, 3.8) is 0 Å². The number of hydrogen-bond donors (Lipinski definition) is 0. The van der Waals surface area contributed by atoms with Gasteiger partial charge in [0.1, 0.15) is 5.92 Å². The zero-order valence-electron chi connectivity index (χ0n) is 24.9. The molecule has 0 spiro atoms. The van der Waals surface area contributed by atoms with Crippen molar-refractivity contribution in [2.24, 2.45) is 0 Å². The first-order valence-electron chi connectivity index (χ1n) is 14.2. The maximum absolute atomic E-state index is 14.5. The first kappa shape index (κ1) is 32.1. The van der Waals surface area contributed by atoms with Crippen LogP contribution in [0.15, 0.2) is 103 Å². The molecule has 4 aromatic rings. The Morgan fingerprint density at radius 1 is 0.705 bits per heavy atom. The molecule has 0 bridgehead atoms. The van der Waals surface area contributed by atoms with Gasteiger partial charge in [0.2, 0.25) is 11.8 Å². The van der Waals surface area contributed by atoms with E-state index >= 15 is 0 Å². The minimum absolute atomic E-state index is 0.101. The summed E-state index contributed by atoms with van der Waals surface area (Å²) in [5.74, 6) is -1.13. The van der Waals surface area contributed by atoms with E-state index in [1.165, 1.54) is 31.3 Å². The van der Waals surface area contributed by atoms with Gasteiger partial charge in [-0.3, -0.25) is 9.59 Å². The lowest BCUT2D eigenvalue weighted by Gasteiger charge is -2.30. The number of nitrogens with zero attached hydrogens (tertiary/aromatic N) is 2. The molecule has 0 saturated carbocycles. The summed E-state index contributed by atoms with van der Waals surface area (Å²) in [6.07, 6.45) is -3.58. The predicted molar refractivity (Wildman–Crippen MR) is 164 cm³/mol. The van der Waals surface area contributed by atoms with Crippen molar-refractivity contribution in [3.8, 4) is 11.5 Å². The van der Waals surface area contributed by atoms with Crippen LogP contribution in [0, 0.1) is 0 Å². The van der Waals surface area contributed by atoms with Crippen molar-refractivity contribution in [1.29, 1.82) is 0 Å². The zero-order chi connectivity index (χ0) is 31.7. The number of hydrogen-bond acceptors (Lipinski definition) is 4. The second-order valence-corrected chi connectivity index (χ2v) is 10.3. The van der Waals surface area contributed by atoms with Crippen molar-refractivity contribution >= 4 is 17.5 Å². The lowest BCUT2D eigenvalue weighted by molar-refractivity contribution is -0.138. The van der Waals surface area contributed by atoms with Gasteiger partial charge >= 0.3 is 6.18 Å². The van der Waals surface area contributed by atoms with Gasteiger partial charge in [-0.1, -0.05) is 72.8 Å². The molecule has 0 fully saturated rings. The molecule has 0 aliphatic rings. The third-order valence-electron chi connectivity index (χ3n) is 7.43. The molecular formula is C35H35F3N2O4. The molecule has 0 aromatic heterocycles. The topological polar surface area (TPSA) is 59.1 Å². The standard InChI is InChI=1S/C35H35F3N2O4/c1-39(22-20-25-10-6-4-7-11-25)33(41)32(27-12-8-5-9-13-27)34(42)40(29-18-19-30(43-2)31(24-29)44-3)23-21-26-14-16-28(17-15-26)35(36,37)38/h4-19,24,32H,20-23H2,1-3H3. The van der Waals surface area contributed by atoms with Crippen LogP contribution in [0.3, 0.4) is 0 Å². The molecule has 0 saturated heterocycles. The van der Waals surface area contributed by atoms with Crippen LogP contribution in [0.25, 0.3) is 0 Å². The molecule has 0 aliphatic carbocycles. The Morgan fingerprint density at radius 2 is 1.27 bits per heavy atom. The fourth-order valence-corrected chi connectivity index (χ4v) is 4.92. The Morgan fingerprint density at radius 3 is 1.86 bits per heavy atom. The Bertz CT molecular complexity index is 1530. The molecule has 6 nitrogen and oxygen atoms in total. The Hall–Kier alpha value is -4.79. The van der Waals surface area contributed by atoms with Gasteiger partial charge in [-0.25, -0.2) is 0 Å². The van der Waals surface area contributed by atoms with Gasteiger partial charge in [0.25, 0.3) is 0 Å². The van der Waals surface area contributed by atoms with Crippen LogP contribution in [0.4, 0.5) is 18.9 Å². The van der Waals surface area contributed by atoms with Gasteiger partial charge in [0.05, 0.1) is 19.8 Å². The van der Waals surface area contributed by atoms with Crippen LogP contribution < -0.4 is 14.4 Å². The van der Waals surface area contributed by atoms with Gasteiger partial charge in [-0.05, 0) is 53.8 Å². The number of likely N-dealkylation sites (N-methyl/N-ethyl adjacent to an activating group) is 1. The second kappa shape index (κ2) is 14.6. The summed E-state index contributed by atoms with van der Waals surface area (Å²) in [4.78, 5) is 31.5. The van der Waals surface area contributed by atoms with E-state index in [2.05, 4.69) is 0 Å². The number of benzene rings is 4. The first-order chi connectivity index (χ1) is 21.1. The van der Waals surface area contributed by atoms with Crippen molar-refractivity contribution in [2.45, 2.75) is 24.9 Å². The molecule has 2 amide bonds. The van der Waals surface area contributed by atoms with Crippen molar-refractivity contribution in [2.75, 3.05) is 39.3 Å². The van der Waals surface area contributed by atoms with E-state index in [9.17, 15) is 22.8 Å². The highest BCUT2D eigenvalue weighted by atomic mass is 19.4.